The number of aromatic amines is 1. The number of rotatable bonds is 5. The number of carbonyl (C=O) groups is 1. The zero-order chi connectivity index (χ0) is 12.1. The molecule has 0 spiro atoms. The zero-order valence-electron chi connectivity index (χ0n) is 10.1. The van der Waals surface area contributed by atoms with Crippen LogP contribution in [0.1, 0.15) is 30.8 Å². The first kappa shape index (κ1) is 12.7. The molecule has 5 heteroatoms. The lowest BCUT2D eigenvalue weighted by atomic mass is 10.0. The molecule has 0 aliphatic rings. The maximum atomic E-state index is 11.8. The smallest absolute Gasteiger partial charge is 0.271 e. The van der Waals surface area contributed by atoms with Gasteiger partial charge in [-0.2, -0.15) is 0 Å². The molecular formula is C11H20N4O. The summed E-state index contributed by atoms with van der Waals surface area (Å²) in [5.41, 5.74) is 6.44. The van der Waals surface area contributed by atoms with E-state index in [1.54, 1.807) is 11.9 Å². The highest BCUT2D eigenvalue weighted by Crippen LogP contribution is 2.05. The molecule has 1 rings (SSSR count). The fraction of sp³-hybridized carbons (Fsp3) is 0.636. The van der Waals surface area contributed by atoms with Gasteiger partial charge < -0.3 is 15.6 Å². The van der Waals surface area contributed by atoms with Gasteiger partial charge in [0, 0.05) is 19.6 Å². The molecule has 90 valence electrons. The van der Waals surface area contributed by atoms with Crippen molar-refractivity contribution in [3.63, 3.8) is 0 Å². The van der Waals surface area contributed by atoms with E-state index in [0.29, 0.717) is 18.2 Å². The van der Waals surface area contributed by atoms with Crippen molar-refractivity contribution >= 4 is 5.91 Å². The highest BCUT2D eigenvalue weighted by atomic mass is 16.2. The molecule has 0 aliphatic heterocycles. The van der Waals surface area contributed by atoms with Gasteiger partial charge in [-0.25, -0.2) is 4.98 Å². The summed E-state index contributed by atoms with van der Waals surface area (Å²) in [4.78, 5) is 20.1. The average molecular weight is 224 g/mol. The summed E-state index contributed by atoms with van der Waals surface area (Å²) in [7, 11) is 1.77. The molecule has 0 radical (unpaired) electrons. The summed E-state index contributed by atoms with van der Waals surface area (Å²) in [6.07, 6.45) is 3.84. The van der Waals surface area contributed by atoms with Crippen LogP contribution in [0.5, 0.6) is 0 Å². The topological polar surface area (TPSA) is 75.0 Å². The van der Waals surface area contributed by atoms with Gasteiger partial charge in [0.2, 0.25) is 0 Å². The highest BCUT2D eigenvalue weighted by Gasteiger charge is 2.14. The number of imidazole rings is 1. The second-order valence-corrected chi connectivity index (χ2v) is 4.39. The Morgan fingerprint density at radius 2 is 2.31 bits per heavy atom. The molecule has 1 atom stereocenters. The largest absolute Gasteiger partial charge is 0.341 e. The third-order valence-corrected chi connectivity index (χ3v) is 2.73. The number of nitrogens with one attached hydrogen (secondary N) is 1. The summed E-state index contributed by atoms with van der Waals surface area (Å²) in [5.74, 6) is 0.393. The van der Waals surface area contributed by atoms with Crippen LogP contribution in [0.25, 0.3) is 0 Å². The minimum atomic E-state index is -0.0477. The standard InChI is InChI=1S/C11H20N4O/c1-8(2)9(12)4-5-15(3)11(16)10-6-13-7-14-10/h6-9H,4-5,12H2,1-3H3,(H,13,14). The quantitative estimate of drug-likeness (QED) is 0.778. The number of aromatic nitrogens is 2. The lowest BCUT2D eigenvalue weighted by Crippen LogP contribution is -2.34. The molecule has 0 fully saturated rings. The van der Waals surface area contributed by atoms with Crippen molar-refractivity contribution in [3.8, 4) is 0 Å². The van der Waals surface area contributed by atoms with Gasteiger partial charge in [-0.3, -0.25) is 4.79 Å². The molecule has 3 N–H and O–H groups in total. The van der Waals surface area contributed by atoms with Crippen molar-refractivity contribution in [1.29, 1.82) is 0 Å². The maximum Gasteiger partial charge on any atom is 0.271 e. The van der Waals surface area contributed by atoms with Crippen LogP contribution >= 0.6 is 0 Å². The molecule has 1 unspecified atom stereocenters. The molecule has 1 aromatic rings. The van der Waals surface area contributed by atoms with Crippen LogP contribution in [0, 0.1) is 5.92 Å². The van der Waals surface area contributed by atoms with E-state index >= 15 is 0 Å². The van der Waals surface area contributed by atoms with Crippen molar-refractivity contribution in [2.75, 3.05) is 13.6 Å². The molecule has 1 aromatic heterocycles. The third-order valence-electron chi connectivity index (χ3n) is 2.73. The summed E-state index contributed by atoms with van der Waals surface area (Å²) >= 11 is 0. The van der Waals surface area contributed by atoms with Gasteiger partial charge in [-0.1, -0.05) is 13.8 Å². The normalized spacial score (nSPS) is 12.8. The molecule has 1 amide bonds. The number of nitrogens with zero attached hydrogens (tertiary/aromatic N) is 2. The SMILES string of the molecule is CC(C)C(N)CCN(C)C(=O)c1cnc[nH]1. The Kier molecular flexibility index (Phi) is 4.49. The van der Waals surface area contributed by atoms with E-state index in [0.717, 1.165) is 6.42 Å². The summed E-state index contributed by atoms with van der Waals surface area (Å²) in [5, 5.41) is 0. The third kappa shape index (κ3) is 3.34. The van der Waals surface area contributed by atoms with Gasteiger partial charge in [0.15, 0.2) is 0 Å². The Labute approximate surface area is 96.0 Å². The number of hydrogen-bond donors (Lipinski definition) is 2. The number of carbonyl (C=O) groups excluding carboxylic acids is 1. The minimum Gasteiger partial charge on any atom is -0.341 e. The molecule has 0 aromatic carbocycles. The first-order valence-corrected chi connectivity index (χ1v) is 5.51. The number of amides is 1. The van der Waals surface area contributed by atoms with Crippen molar-refractivity contribution in [2.45, 2.75) is 26.3 Å². The highest BCUT2D eigenvalue weighted by molar-refractivity contribution is 5.91. The van der Waals surface area contributed by atoms with E-state index in [9.17, 15) is 4.79 Å². The number of nitrogens with two attached hydrogens (primary N) is 1. The monoisotopic (exact) mass is 224 g/mol. The van der Waals surface area contributed by atoms with E-state index < -0.39 is 0 Å². The maximum absolute atomic E-state index is 11.8. The Morgan fingerprint density at radius 1 is 1.62 bits per heavy atom. The van der Waals surface area contributed by atoms with E-state index in [4.69, 9.17) is 5.73 Å². The Balaban J connectivity index is 2.41. The van der Waals surface area contributed by atoms with Crippen LogP contribution in [0.15, 0.2) is 12.5 Å². The van der Waals surface area contributed by atoms with Crippen LogP contribution in [0.2, 0.25) is 0 Å². The predicted molar refractivity (Wildman–Crippen MR) is 63.0 cm³/mol. The van der Waals surface area contributed by atoms with Crippen LogP contribution in [0.4, 0.5) is 0 Å². The van der Waals surface area contributed by atoms with Gasteiger partial charge in [-0.05, 0) is 12.3 Å². The second-order valence-electron chi connectivity index (χ2n) is 4.39. The van der Waals surface area contributed by atoms with Crippen molar-refractivity contribution in [2.24, 2.45) is 11.7 Å². The Bertz CT molecular complexity index is 321. The Hall–Kier alpha value is -1.36. The van der Waals surface area contributed by atoms with Crippen molar-refractivity contribution < 1.29 is 4.79 Å². The van der Waals surface area contributed by atoms with E-state index in [1.807, 2.05) is 0 Å². The molecule has 16 heavy (non-hydrogen) atoms. The summed E-state index contributed by atoms with van der Waals surface area (Å²) < 4.78 is 0. The molecular weight excluding hydrogens is 204 g/mol. The van der Waals surface area contributed by atoms with Gasteiger partial charge in [0.25, 0.3) is 5.91 Å². The lowest BCUT2D eigenvalue weighted by molar-refractivity contribution is 0.0784. The van der Waals surface area contributed by atoms with Crippen LogP contribution in [-0.4, -0.2) is 40.4 Å². The number of hydrogen-bond acceptors (Lipinski definition) is 3. The van der Waals surface area contributed by atoms with Crippen molar-refractivity contribution in [1.82, 2.24) is 14.9 Å². The minimum absolute atomic E-state index is 0.0477. The Morgan fingerprint density at radius 3 is 2.81 bits per heavy atom. The van der Waals surface area contributed by atoms with E-state index in [-0.39, 0.29) is 11.9 Å². The van der Waals surface area contributed by atoms with E-state index in [1.165, 1.54) is 12.5 Å². The molecule has 1 heterocycles. The predicted octanol–water partition coefficient (Wildman–Crippen LogP) is 0.855. The van der Waals surface area contributed by atoms with Gasteiger partial charge in [0.1, 0.15) is 5.69 Å². The molecule has 0 saturated heterocycles. The fourth-order valence-electron chi connectivity index (χ4n) is 1.36. The summed E-state index contributed by atoms with van der Waals surface area (Å²) in [6.45, 7) is 4.83. The van der Waals surface area contributed by atoms with Gasteiger partial charge >= 0.3 is 0 Å². The van der Waals surface area contributed by atoms with Crippen LogP contribution < -0.4 is 5.73 Å². The number of H-pyrrole nitrogens is 1. The van der Waals surface area contributed by atoms with Gasteiger partial charge in [0.05, 0.1) is 12.5 Å². The summed E-state index contributed by atoms with van der Waals surface area (Å²) in [6, 6.07) is 0.136. The first-order valence-electron chi connectivity index (χ1n) is 5.51. The second kappa shape index (κ2) is 5.65. The van der Waals surface area contributed by atoms with Gasteiger partial charge in [-0.15, -0.1) is 0 Å². The lowest BCUT2D eigenvalue weighted by Gasteiger charge is -2.20. The average Bonchev–Trinajstić information content (AvgIpc) is 2.77. The van der Waals surface area contributed by atoms with E-state index in [2.05, 4.69) is 23.8 Å². The zero-order valence-corrected chi connectivity index (χ0v) is 10.1. The molecule has 0 bridgehead atoms. The molecule has 0 saturated carbocycles. The van der Waals surface area contributed by atoms with Crippen molar-refractivity contribution in [3.05, 3.63) is 18.2 Å². The van der Waals surface area contributed by atoms with Crippen LogP contribution in [-0.2, 0) is 0 Å². The molecule has 0 aliphatic carbocycles. The first-order chi connectivity index (χ1) is 7.52. The fourth-order valence-corrected chi connectivity index (χ4v) is 1.36. The van der Waals surface area contributed by atoms with Crippen LogP contribution in [0.3, 0.4) is 0 Å². The molecule has 5 nitrogen and oxygen atoms in total.